The summed E-state index contributed by atoms with van der Waals surface area (Å²) in [5.41, 5.74) is 1.02. The van der Waals surface area contributed by atoms with Gasteiger partial charge >= 0.3 is 0 Å². The van der Waals surface area contributed by atoms with Crippen molar-refractivity contribution >= 4 is 0 Å². The monoisotopic (exact) mass is 180 g/mol. The molecule has 0 saturated heterocycles. The summed E-state index contributed by atoms with van der Waals surface area (Å²) < 4.78 is 12.9. The van der Waals surface area contributed by atoms with Crippen molar-refractivity contribution in [1.82, 2.24) is 0 Å². The lowest BCUT2D eigenvalue weighted by atomic mass is 9.98. The van der Waals surface area contributed by atoms with Crippen molar-refractivity contribution in [3.63, 3.8) is 0 Å². The van der Waals surface area contributed by atoms with Gasteiger partial charge in [0.1, 0.15) is 5.82 Å². The van der Waals surface area contributed by atoms with Crippen molar-refractivity contribution in [2.24, 2.45) is 0 Å². The number of aliphatic hydroxyl groups is 1. The highest BCUT2D eigenvalue weighted by atomic mass is 19.1. The van der Waals surface area contributed by atoms with Crippen LogP contribution in [0.5, 0.6) is 0 Å². The lowest BCUT2D eigenvalue weighted by Gasteiger charge is -2.08. The van der Waals surface area contributed by atoms with Crippen LogP contribution in [0.1, 0.15) is 30.7 Å². The number of rotatable bonds is 1. The van der Waals surface area contributed by atoms with Crippen molar-refractivity contribution < 1.29 is 9.50 Å². The second-order valence-electron chi connectivity index (χ2n) is 3.72. The molecule has 1 nitrogen and oxygen atoms in total. The molecule has 1 N–H and O–H groups in total. The standard InChI is InChI=1S/C11H13FO/c12-10-3-1-2-8(6-10)9-4-5-11(13)7-9/h1-3,6,9,11,13H,4-5,7H2. The number of hydrogen-bond acceptors (Lipinski definition) is 1. The van der Waals surface area contributed by atoms with Crippen LogP contribution in [0.25, 0.3) is 0 Å². The van der Waals surface area contributed by atoms with Gasteiger partial charge in [0.15, 0.2) is 0 Å². The van der Waals surface area contributed by atoms with Crippen molar-refractivity contribution in [2.75, 3.05) is 0 Å². The van der Waals surface area contributed by atoms with E-state index in [1.807, 2.05) is 6.07 Å². The van der Waals surface area contributed by atoms with Crippen molar-refractivity contribution in [1.29, 1.82) is 0 Å². The van der Waals surface area contributed by atoms with E-state index >= 15 is 0 Å². The fourth-order valence-corrected chi connectivity index (χ4v) is 2.02. The van der Waals surface area contributed by atoms with Crippen LogP contribution in [0.3, 0.4) is 0 Å². The summed E-state index contributed by atoms with van der Waals surface area (Å²) in [7, 11) is 0. The van der Waals surface area contributed by atoms with Crippen LogP contribution >= 0.6 is 0 Å². The van der Waals surface area contributed by atoms with Gasteiger partial charge in [-0.25, -0.2) is 4.39 Å². The predicted molar refractivity (Wildman–Crippen MR) is 49.0 cm³/mol. The van der Waals surface area contributed by atoms with Gasteiger partial charge in [-0.15, -0.1) is 0 Å². The van der Waals surface area contributed by atoms with E-state index in [0.717, 1.165) is 24.8 Å². The number of halogens is 1. The molecule has 70 valence electrons. The Kier molecular flexibility index (Phi) is 2.32. The minimum atomic E-state index is -0.187. The first-order valence-electron chi connectivity index (χ1n) is 4.69. The van der Waals surface area contributed by atoms with Crippen LogP contribution in [0, 0.1) is 5.82 Å². The summed E-state index contributed by atoms with van der Waals surface area (Å²) >= 11 is 0. The Morgan fingerprint density at radius 3 is 2.77 bits per heavy atom. The molecule has 1 aliphatic rings. The first-order chi connectivity index (χ1) is 6.25. The summed E-state index contributed by atoms with van der Waals surface area (Å²) in [6, 6.07) is 6.69. The average Bonchev–Trinajstić information content (AvgIpc) is 2.52. The summed E-state index contributed by atoms with van der Waals surface area (Å²) in [6.07, 6.45) is 2.42. The molecule has 1 fully saturated rings. The molecule has 0 heterocycles. The van der Waals surface area contributed by atoms with Gasteiger partial charge in [0.2, 0.25) is 0 Å². The maximum absolute atomic E-state index is 12.9. The molecule has 1 aliphatic carbocycles. The van der Waals surface area contributed by atoms with Gasteiger partial charge in [-0.1, -0.05) is 12.1 Å². The highest BCUT2D eigenvalue weighted by Gasteiger charge is 2.23. The molecule has 0 amide bonds. The Labute approximate surface area is 77.2 Å². The summed E-state index contributed by atoms with van der Waals surface area (Å²) in [4.78, 5) is 0. The third kappa shape index (κ3) is 1.89. The van der Waals surface area contributed by atoms with Crippen molar-refractivity contribution in [3.8, 4) is 0 Å². The van der Waals surface area contributed by atoms with Gasteiger partial charge in [0.05, 0.1) is 6.10 Å². The minimum absolute atomic E-state index is 0.182. The van der Waals surface area contributed by atoms with E-state index in [-0.39, 0.29) is 11.9 Å². The Bertz CT molecular complexity index is 298. The van der Waals surface area contributed by atoms with Gasteiger partial charge in [-0.3, -0.25) is 0 Å². The molecule has 0 aromatic heterocycles. The van der Waals surface area contributed by atoms with Gasteiger partial charge in [0.25, 0.3) is 0 Å². The SMILES string of the molecule is OC1CCC(c2cccc(F)c2)C1. The van der Waals surface area contributed by atoms with Crippen LogP contribution in [0.15, 0.2) is 24.3 Å². The summed E-state index contributed by atoms with van der Waals surface area (Å²) in [6.45, 7) is 0. The van der Waals surface area contributed by atoms with Crippen LogP contribution in [0.4, 0.5) is 4.39 Å². The Balaban J connectivity index is 2.16. The Morgan fingerprint density at radius 2 is 2.15 bits per heavy atom. The molecule has 2 rings (SSSR count). The van der Waals surface area contributed by atoms with Crippen molar-refractivity contribution in [2.45, 2.75) is 31.3 Å². The van der Waals surface area contributed by atoms with Crippen LogP contribution in [0.2, 0.25) is 0 Å². The lowest BCUT2D eigenvalue weighted by Crippen LogP contribution is -1.99. The Hall–Kier alpha value is -0.890. The Morgan fingerprint density at radius 1 is 1.31 bits per heavy atom. The first kappa shape index (κ1) is 8.70. The zero-order valence-electron chi connectivity index (χ0n) is 7.41. The number of benzene rings is 1. The van der Waals surface area contributed by atoms with E-state index in [1.165, 1.54) is 6.07 Å². The molecule has 2 heteroatoms. The molecule has 13 heavy (non-hydrogen) atoms. The molecule has 0 radical (unpaired) electrons. The fraction of sp³-hybridized carbons (Fsp3) is 0.455. The zero-order chi connectivity index (χ0) is 9.26. The zero-order valence-corrected chi connectivity index (χ0v) is 7.41. The largest absolute Gasteiger partial charge is 0.393 e. The molecule has 2 unspecified atom stereocenters. The first-order valence-corrected chi connectivity index (χ1v) is 4.69. The number of aliphatic hydroxyl groups excluding tert-OH is 1. The van der Waals surface area contributed by atoms with E-state index < -0.39 is 0 Å². The van der Waals surface area contributed by atoms with E-state index in [0.29, 0.717) is 5.92 Å². The molecule has 1 aromatic carbocycles. The number of hydrogen-bond donors (Lipinski definition) is 1. The second kappa shape index (κ2) is 3.46. The topological polar surface area (TPSA) is 20.2 Å². The van der Waals surface area contributed by atoms with E-state index in [1.54, 1.807) is 12.1 Å². The van der Waals surface area contributed by atoms with Crippen LogP contribution in [-0.2, 0) is 0 Å². The van der Waals surface area contributed by atoms with Gasteiger partial charge in [-0.2, -0.15) is 0 Å². The van der Waals surface area contributed by atoms with Gasteiger partial charge < -0.3 is 5.11 Å². The smallest absolute Gasteiger partial charge is 0.123 e. The highest BCUT2D eigenvalue weighted by Crippen LogP contribution is 2.34. The molecule has 2 atom stereocenters. The molecule has 1 aromatic rings. The fourth-order valence-electron chi connectivity index (χ4n) is 2.02. The molecule has 1 saturated carbocycles. The maximum atomic E-state index is 12.9. The van der Waals surface area contributed by atoms with E-state index in [9.17, 15) is 9.50 Å². The molecule has 0 bridgehead atoms. The minimum Gasteiger partial charge on any atom is -0.393 e. The quantitative estimate of drug-likeness (QED) is 0.703. The third-order valence-corrected chi connectivity index (χ3v) is 2.73. The third-order valence-electron chi connectivity index (χ3n) is 2.73. The molecular formula is C11H13FO. The molecule has 0 spiro atoms. The predicted octanol–water partition coefficient (Wildman–Crippen LogP) is 2.45. The summed E-state index contributed by atoms with van der Waals surface area (Å²) in [5.74, 6) is 0.171. The second-order valence-corrected chi connectivity index (χ2v) is 3.72. The van der Waals surface area contributed by atoms with E-state index in [4.69, 9.17) is 0 Å². The highest BCUT2D eigenvalue weighted by molar-refractivity contribution is 5.21. The normalized spacial score (nSPS) is 27.8. The molecular weight excluding hydrogens is 167 g/mol. The lowest BCUT2D eigenvalue weighted by molar-refractivity contribution is 0.181. The van der Waals surface area contributed by atoms with Gasteiger partial charge in [0, 0.05) is 0 Å². The van der Waals surface area contributed by atoms with E-state index in [2.05, 4.69) is 0 Å². The molecule has 0 aliphatic heterocycles. The summed E-state index contributed by atoms with van der Waals surface area (Å²) in [5, 5.41) is 9.34. The van der Waals surface area contributed by atoms with Gasteiger partial charge in [-0.05, 0) is 42.9 Å². The average molecular weight is 180 g/mol. The van der Waals surface area contributed by atoms with Crippen molar-refractivity contribution in [3.05, 3.63) is 35.6 Å². The van der Waals surface area contributed by atoms with Crippen LogP contribution in [-0.4, -0.2) is 11.2 Å². The maximum Gasteiger partial charge on any atom is 0.123 e. The van der Waals surface area contributed by atoms with Crippen LogP contribution < -0.4 is 0 Å².